The summed E-state index contributed by atoms with van der Waals surface area (Å²) in [6.07, 6.45) is 0. The van der Waals surface area contributed by atoms with Gasteiger partial charge in [0.15, 0.2) is 18.1 Å². The van der Waals surface area contributed by atoms with Crippen molar-refractivity contribution in [3.63, 3.8) is 0 Å². The first kappa shape index (κ1) is 15.0. The van der Waals surface area contributed by atoms with Crippen LogP contribution in [0.15, 0.2) is 41.2 Å². The fourth-order valence-electron chi connectivity index (χ4n) is 2.81. The summed E-state index contributed by atoms with van der Waals surface area (Å²) in [4.78, 5) is 17.5. The minimum absolute atomic E-state index is 0.0822. The van der Waals surface area contributed by atoms with Crippen molar-refractivity contribution in [2.75, 3.05) is 13.4 Å². The zero-order valence-electron chi connectivity index (χ0n) is 13.4. The summed E-state index contributed by atoms with van der Waals surface area (Å²) in [5.74, 6) is 2.25. The maximum atomic E-state index is 13.0. The van der Waals surface area contributed by atoms with Gasteiger partial charge in [-0.3, -0.25) is 9.36 Å². The zero-order valence-corrected chi connectivity index (χ0v) is 13.4. The smallest absolute Gasteiger partial charge is 0.266 e. The summed E-state index contributed by atoms with van der Waals surface area (Å²) < 4.78 is 17.5. The highest BCUT2D eigenvalue weighted by molar-refractivity contribution is 5.79. The Morgan fingerprint density at radius 1 is 1.24 bits per heavy atom. The predicted molar refractivity (Wildman–Crippen MR) is 89.3 cm³/mol. The molecule has 25 heavy (non-hydrogen) atoms. The van der Waals surface area contributed by atoms with Gasteiger partial charge in [0.2, 0.25) is 6.79 Å². The van der Waals surface area contributed by atoms with Crippen molar-refractivity contribution in [1.29, 1.82) is 5.26 Å². The van der Waals surface area contributed by atoms with Crippen LogP contribution < -0.4 is 19.8 Å². The van der Waals surface area contributed by atoms with Gasteiger partial charge in [0.25, 0.3) is 5.56 Å². The van der Waals surface area contributed by atoms with Crippen LogP contribution in [0.2, 0.25) is 0 Å². The van der Waals surface area contributed by atoms with Crippen molar-refractivity contribution >= 4 is 10.9 Å². The molecule has 124 valence electrons. The van der Waals surface area contributed by atoms with E-state index in [0.29, 0.717) is 39.7 Å². The van der Waals surface area contributed by atoms with Crippen LogP contribution in [0.25, 0.3) is 16.6 Å². The third kappa shape index (κ3) is 2.54. The molecule has 0 fully saturated rings. The van der Waals surface area contributed by atoms with Gasteiger partial charge in [-0.25, -0.2) is 4.98 Å². The molecule has 1 aliphatic heterocycles. The van der Waals surface area contributed by atoms with Gasteiger partial charge in [0.05, 0.1) is 16.6 Å². The highest BCUT2D eigenvalue weighted by atomic mass is 16.7. The Morgan fingerprint density at radius 2 is 2.08 bits per heavy atom. The van der Waals surface area contributed by atoms with E-state index in [1.807, 2.05) is 6.07 Å². The lowest BCUT2D eigenvalue weighted by molar-refractivity contribution is 0.174. The van der Waals surface area contributed by atoms with Gasteiger partial charge >= 0.3 is 0 Å². The van der Waals surface area contributed by atoms with Gasteiger partial charge < -0.3 is 14.2 Å². The molecule has 1 aromatic heterocycles. The van der Waals surface area contributed by atoms with Crippen molar-refractivity contribution in [2.45, 2.75) is 6.92 Å². The average Bonchev–Trinajstić information content (AvgIpc) is 3.08. The SMILES string of the molecule is Cc1nc2ccc(OCC#N)cc2c(=O)n1-c1ccc2c(c1)OCO2. The highest BCUT2D eigenvalue weighted by Crippen LogP contribution is 2.33. The average molecular weight is 335 g/mol. The summed E-state index contributed by atoms with van der Waals surface area (Å²) in [5.41, 5.74) is 0.997. The number of benzene rings is 2. The predicted octanol–water partition coefficient (Wildman–Crippen LogP) is 2.33. The molecule has 1 aliphatic rings. The van der Waals surface area contributed by atoms with E-state index in [1.165, 1.54) is 4.57 Å². The maximum absolute atomic E-state index is 13.0. The second-order valence-corrected chi connectivity index (χ2v) is 5.46. The number of hydrogen-bond acceptors (Lipinski definition) is 6. The lowest BCUT2D eigenvalue weighted by Gasteiger charge is -2.12. The van der Waals surface area contributed by atoms with Crippen molar-refractivity contribution in [3.8, 4) is 29.0 Å². The molecule has 0 N–H and O–H groups in total. The molecule has 7 heteroatoms. The molecular formula is C18H13N3O4. The molecule has 0 radical (unpaired) electrons. The Hall–Kier alpha value is -3.53. The van der Waals surface area contributed by atoms with Crippen LogP contribution in [0.3, 0.4) is 0 Å². The second-order valence-electron chi connectivity index (χ2n) is 5.46. The van der Waals surface area contributed by atoms with Crippen LogP contribution in [0.5, 0.6) is 17.2 Å². The first-order valence-electron chi connectivity index (χ1n) is 7.60. The summed E-state index contributed by atoms with van der Waals surface area (Å²) in [5, 5.41) is 9.04. The number of hydrogen-bond donors (Lipinski definition) is 0. The molecule has 0 unspecified atom stereocenters. The molecule has 0 amide bonds. The van der Waals surface area contributed by atoms with E-state index in [1.54, 1.807) is 43.3 Å². The van der Waals surface area contributed by atoms with Gasteiger partial charge in [-0.05, 0) is 37.3 Å². The van der Waals surface area contributed by atoms with Gasteiger partial charge in [0.1, 0.15) is 17.6 Å². The lowest BCUT2D eigenvalue weighted by Crippen LogP contribution is -2.22. The zero-order chi connectivity index (χ0) is 17.4. The molecule has 3 aromatic rings. The highest BCUT2D eigenvalue weighted by Gasteiger charge is 2.16. The van der Waals surface area contributed by atoms with Crippen LogP contribution in [-0.4, -0.2) is 23.0 Å². The number of fused-ring (bicyclic) bond motifs is 2. The molecule has 0 aliphatic carbocycles. The molecule has 0 spiro atoms. The molecule has 2 heterocycles. The third-order valence-electron chi connectivity index (χ3n) is 3.93. The fraction of sp³-hybridized carbons (Fsp3) is 0.167. The molecule has 0 atom stereocenters. The Morgan fingerprint density at radius 3 is 2.92 bits per heavy atom. The maximum Gasteiger partial charge on any atom is 0.266 e. The molecule has 0 bridgehead atoms. The molecular weight excluding hydrogens is 322 g/mol. The van der Waals surface area contributed by atoms with Crippen LogP contribution in [-0.2, 0) is 0 Å². The molecule has 2 aromatic carbocycles. The summed E-state index contributed by atoms with van der Waals surface area (Å²) in [6, 6.07) is 12.2. The van der Waals surface area contributed by atoms with E-state index in [0.717, 1.165) is 0 Å². The van der Waals surface area contributed by atoms with Gasteiger partial charge in [-0.15, -0.1) is 0 Å². The Bertz CT molecular complexity index is 1080. The Balaban J connectivity index is 1.89. The van der Waals surface area contributed by atoms with Crippen LogP contribution in [0.1, 0.15) is 5.82 Å². The van der Waals surface area contributed by atoms with Gasteiger partial charge in [-0.2, -0.15) is 5.26 Å². The normalized spacial score (nSPS) is 12.2. The topological polar surface area (TPSA) is 86.4 Å². The second kappa shape index (κ2) is 5.83. The quantitative estimate of drug-likeness (QED) is 0.730. The third-order valence-corrected chi connectivity index (χ3v) is 3.93. The van der Waals surface area contributed by atoms with E-state index in [-0.39, 0.29) is 19.0 Å². The molecule has 0 saturated carbocycles. The minimum atomic E-state index is -0.219. The lowest BCUT2D eigenvalue weighted by atomic mass is 10.2. The van der Waals surface area contributed by atoms with Crippen LogP contribution in [0, 0.1) is 18.3 Å². The monoisotopic (exact) mass is 335 g/mol. The first-order valence-corrected chi connectivity index (χ1v) is 7.60. The number of aromatic nitrogens is 2. The van der Waals surface area contributed by atoms with E-state index in [4.69, 9.17) is 19.5 Å². The summed E-state index contributed by atoms with van der Waals surface area (Å²) >= 11 is 0. The number of nitriles is 1. The van der Waals surface area contributed by atoms with Gasteiger partial charge in [-0.1, -0.05) is 0 Å². The minimum Gasteiger partial charge on any atom is -0.479 e. The van der Waals surface area contributed by atoms with E-state index >= 15 is 0 Å². The van der Waals surface area contributed by atoms with Crippen molar-refractivity contribution < 1.29 is 14.2 Å². The van der Waals surface area contributed by atoms with Gasteiger partial charge in [0, 0.05) is 6.07 Å². The largest absolute Gasteiger partial charge is 0.479 e. The molecule has 0 saturated heterocycles. The van der Waals surface area contributed by atoms with Crippen molar-refractivity contribution in [1.82, 2.24) is 9.55 Å². The first-order chi connectivity index (χ1) is 12.2. The number of rotatable bonds is 3. The van der Waals surface area contributed by atoms with Crippen molar-refractivity contribution in [3.05, 3.63) is 52.6 Å². The Labute approximate surface area is 142 Å². The van der Waals surface area contributed by atoms with E-state index in [2.05, 4.69) is 4.98 Å². The van der Waals surface area contributed by atoms with Crippen LogP contribution >= 0.6 is 0 Å². The standard InChI is InChI=1S/C18H13N3O4/c1-11-20-15-4-3-13(23-7-6-19)9-14(15)18(22)21(11)12-2-5-16-17(8-12)25-10-24-16/h2-5,8-9H,7,10H2,1H3. The molecule has 7 nitrogen and oxygen atoms in total. The van der Waals surface area contributed by atoms with E-state index < -0.39 is 0 Å². The molecule has 4 rings (SSSR count). The fourth-order valence-corrected chi connectivity index (χ4v) is 2.81. The summed E-state index contributed by atoms with van der Waals surface area (Å²) in [6.45, 7) is 1.86. The van der Waals surface area contributed by atoms with Crippen molar-refractivity contribution in [2.24, 2.45) is 0 Å². The number of nitrogens with zero attached hydrogens (tertiary/aromatic N) is 3. The summed E-state index contributed by atoms with van der Waals surface area (Å²) in [7, 11) is 0. The van der Waals surface area contributed by atoms with E-state index in [9.17, 15) is 4.79 Å². The number of ether oxygens (including phenoxy) is 3. The Kier molecular flexibility index (Phi) is 3.51. The number of aryl methyl sites for hydroxylation is 1. The van der Waals surface area contributed by atoms with Crippen LogP contribution in [0.4, 0.5) is 0 Å².